The van der Waals surface area contributed by atoms with Crippen LogP contribution in [0.25, 0.3) is 0 Å². The summed E-state index contributed by atoms with van der Waals surface area (Å²) in [7, 11) is 0. The lowest BCUT2D eigenvalue weighted by molar-refractivity contribution is -0.115. The van der Waals surface area contributed by atoms with E-state index in [0.29, 0.717) is 6.54 Å². The number of fused-ring (bicyclic) bond motifs is 2. The van der Waals surface area contributed by atoms with Gasteiger partial charge in [-0.25, -0.2) is 0 Å². The van der Waals surface area contributed by atoms with Gasteiger partial charge in [-0.3, -0.25) is 4.79 Å². The lowest BCUT2D eigenvalue weighted by atomic mass is 9.89. The molecule has 2 aliphatic carbocycles. The minimum atomic E-state index is 0.0544. The molecule has 1 aromatic carbocycles. The number of amides is 1. The van der Waals surface area contributed by atoms with E-state index in [-0.39, 0.29) is 5.91 Å². The van der Waals surface area contributed by atoms with E-state index in [2.05, 4.69) is 10.6 Å². The molecule has 3 unspecified atom stereocenters. The summed E-state index contributed by atoms with van der Waals surface area (Å²) in [5, 5.41) is 6.28. The van der Waals surface area contributed by atoms with Gasteiger partial charge in [0.15, 0.2) is 0 Å². The summed E-state index contributed by atoms with van der Waals surface area (Å²) in [5.41, 5.74) is 2.05. The van der Waals surface area contributed by atoms with Gasteiger partial charge in [0.1, 0.15) is 0 Å². The Balaban J connectivity index is 1.39. The number of carbonyl (C=O) groups is 1. The number of hydrogen-bond donors (Lipinski definition) is 2. The largest absolute Gasteiger partial charge is 0.325 e. The average Bonchev–Trinajstić information content (AvgIpc) is 3.01. The zero-order chi connectivity index (χ0) is 13.9. The molecule has 2 aliphatic rings. The van der Waals surface area contributed by atoms with Crippen molar-refractivity contribution in [1.82, 2.24) is 5.32 Å². The van der Waals surface area contributed by atoms with Crippen LogP contribution in [0, 0.1) is 24.7 Å². The summed E-state index contributed by atoms with van der Waals surface area (Å²) in [5.74, 6) is 2.76. The Morgan fingerprint density at radius 1 is 1.30 bits per heavy atom. The van der Waals surface area contributed by atoms with Crippen molar-refractivity contribution in [3.8, 4) is 0 Å². The number of benzene rings is 1. The second-order valence-electron chi connectivity index (χ2n) is 6.48. The van der Waals surface area contributed by atoms with Crippen LogP contribution in [-0.2, 0) is 4.79 Å². The fourth-order valence-corrected chi connectivity index (χ4v) is 3.93. The first-order valence-corrected chi connectivity index (χ1v) is 7.78. The maximum atomic E-state index is 11.9. The quantitative estimate of drug-likeness (QED) is 0.865. The number of nitrogens with one attached hydrogen (secondary N) is 2. The lowest BCUT2D eigenvalue weighted by Gasteiger charge is -2.21. The molecule has 0 heterocycles. The van der Waals surface area contributed by atoms with E-state index < -0.39 is 0 Å². The van der Waals surface area contributed by atoms with Crippen molar-refractivity contribution < 1.29 is 4.79 Å². The van der Waals surface area contributed by atoms with E-state index in [9.17, 15) is 4.79 Å². The van der Waals surface area contributed by atoms with Crippen molar-refractivity contribution in [2.24, 2.45) is 17.8 Å². The molecule has 2 saturated carbocycles. The first-order chi connectivity index (χ1) is 9.70. The molecule has 0 spiro atoms. The number of anilines is 1. The maximum absolute atomic E-state index is 11.9. The van der Waals surface area contributed by atoms with E-state index in [1.165, 1.54) is 25.7 Å². The number of rotatable bonds is 5. The van der Waals surface area contributed by atoms with Crippen molar-refractivity contribution in [3.63, 3.8) is 0 Å². The molecule has 0 aromatic heterocycles. The predicted molar refractivity (Wildman–Crippen MR) is 81.6 cm³/mol. The Morgan fingerprint density at radius 3 is 2.90 bits per heavy atom. The van der Waals surface area contributed by atoms with Crippen LogP contribution in [0.2, 0.25) is 0 Å². The Labute approximate surface area is 121 Å². The molecular formula is C17H24N2O. The van der Waals surface area contributed by atoms with E-state index >= 15 is 0 Å². The summed E-state index contributed by atoms with van der Waals surface area (Å²) < 4.78 is 0. The molecule has 0 radical (unpaired) electrons. The van der Waals surface area contributed by atoms with Gasteiger partial charge in [-0.2, -0.15) is 0 Å². The van der Waals surface area contributed by atoms with Crippen molar-refractivity contribution in [1.29, 1.82) is 0 Å². The molecule has 3 nitrogen and oxygen atoms in total. The molecule has 2 bridgehead atoms. The van der Waals surface area contributed by atoms with E-state index in [1.807, 2.05) is 31.2 Å². The van der Waals surface area contributed by atoms with Gasteiger partial charge < -0.3 is 10.6 Å². The summed E-state index contributed by atoms with van der Waals surface area (Å²) in [6.45, 7) is 3.45. The minimum Gasteiger partial charge on any atom is -0.325 e. The van der Waals surface area contributed by atoms with Gasteiger partial charge in [0.25, 0.3) is 0 Å². The second-order valence-corrected chi connectivity index (χ2v) is 6.48. The zero-order valence-electron chi connectivity index (χ0n) is 12.2. The summed E-state index contributed by atoms with van der Waals surface area (Å²) in [6.07, 6.45) is 5.65. The third kappa shape index (κ3) is 3.21. The summed E-state index contributed by atoms with van der Waals surface area (Å²) >= 11 is 0. The molecule has 108 valence electrons. The van der Waals surface area contributed by atoms with Crippen LogP contribution in [0.4, 0.5) is 5.69 Å². The molecule has 2 fully saturated rings. The first kappa shape index (κ1) is 13.6. The van der Waals surface area contributed by atoms with Gasteiger partial charge in [0.05, 0.1) is 6.54 Å². The van der Waals surface area contributed by atoms with Crippen LogP contribution < -0.4 is 10.6 Å². The van der Waals surface area contributed by atoms with Gasteiger partial charge in [-0.15, -0.1) is 0 Å². The van der Waals surface area contributed by atoms with E-state index in [1.54, 1.807) is 0 Å². The van der Waals surface area contributed by atoms with Crippen molar-refractivity contribution in [3.05, 3.63) is 29.8 Å². The van der Waals surface area contributed by atoms with Gasteiger partial charge in [0, 0.05) is 5.69 Å². The maximum Gasteiger partial charge on any atom is 0.238 e. The van der Waals surface area contributed by atoms with Crippen LogP contribution in [0.1, 0.15) is 31.2 Å². The SMILES string of the molecule is Cc1cccc(NC(=O)CNCC2CC3CCC2C3)c1. The van der Waals surface area contributed by atoms with Crippen LogP contribution in [0.3, 0.4) is 0 Å². The third-order valence-electron chi connectivity index (χ3n) is 4.88. The van der Waals surface area contributed by atoms with Gasteiger partial charge >= 0.3 is 0 Å². The minimum absolute atomic E-state index is 0.0544. The molecule has 0 aliphatic heterocycles. The van der Waals surface area contributed by atoms with Crippen LogP contribution >= 0.6 is 0 Å². The Morgan fingerprint density at radius 2 is 2.20 bits per heavy atom. The van der Waals surface area contributed by atoms with Gasteiger partial charge in [-0.1, -0.05) is 18.6 Å². The molecule has 3 atom stereocenters. The Hall–Kier alpha value is -1.35. The Kier molecular flexibility index (Phi) is 4.06. The molecule has 20 heavy (non-hydrogen) atoms. The van der Waals surface area contributed by atoms with Crippen LogP contribution in [-0.4, -0.2) is 19.0 Å². The zero-order valence-corrected chi connectivity index (χ0v) is 12.2. The first-order valence-electron chi connectivity index (χ1n) is 7.78. The average molecular weight is 272 g/mol. The lowest BCUT2D eigenvalue weighted by Crippen LogP contribution is -2.33. The predicted octanol–water partition coefficient (Wildman–Crippen LogP) is 2.96. The van der Waals surface area contributed by atoms with Crippen LogP contribution in [0.5, 0.6) is 0 Å². The van der Waals surface area contributed by atoms with E-state index in [4.69, 9.17) is 0 Å². The van der Waals surface area contributed by atoms with E-state index in [0.717, 1.165) is 35.5 Å². The summed E-state index contributed by atoms with van der Waals surface area (Å²) in [6, 6.07) is 7.92. The highest BCUT2D eigenvalue weighted by molar-refractivity contribution is 5.92. The van der Waals surface area contributed by atoms with Crippen molar-refractivity contribution in [2.75, 3.05) is 18.4 Å². The topological polar surface area (TPSA) is 41.1 Å². The number of aryl methyl sites for hydroxylation is 1. The van der Waals surface area contributed by atoms with Crippen molar-refractivity contribution in [2.45, 2.75) is 32.6 Å². The highest BCUT2D eigenvalue weighted by Gasteiger charge is 2.38. The van der Waals surface area contributed by atoms with Gasteiger partial charge in [-0.05, 0) is 68.2 Å². The normalized spacial score (nSPS) is 27.8. The summed E-state index contributed by atoms with van der Waals surface area (Å²) in [4.78, 5) is 11.9. The molecule has 3 heteroatoms. The molecule has 0 saturated heterocycles. The smallest absolute Gasteiger partial charge is 0.238 e. The second kappa shape index (κ2) is 5.96. The fraction of sp³-hybridized carbons (Fsp3) is 0.588. The molecule has 1 amide bonds. The molecule has 1 aromatic rings. The van der Waals surface area contributed by atoms with Crippen LogP contribution in [0.15, 0.2) is 24.3 Å². The number of hydrogen-bond acceptors (Lipinski definition) is 2. The van der Waals surface area contributed by atoms with Crippen molar-refractivity contribution >= 4 is 11.6 Å². The number of carbonyl (C=O) groups excluding carboxylic acids is 1. The Bertz CT molecular complexity index is 486. The molecular weight excluding hydrogens is 248 g/mol. The highest BCUT2D eigenvalue weighted by Crippen LogP contribution is 2.47. The fourth-order valence-electron chi connectivity index (χ4n) is 3.93. The monoisotopic (exact) mass is 272 g/mol. The molecule has 2 N–H and O–H groups in total. The van der Waals surface area contributed by atoms with Gasteiger partial charge in [0.2, 0.25) is 5.91 Å². The molecule has 3 rings (SSSR count). The highest BCUT2D eigenvalue weighted by atomic mass is 16.1. The standard InChI is InChI=1S/C17H24N2O/c1-12-3-2-4-16(7-12)19-17(20)11-18-10-15-9-13-5-6-14(15)8-13/h2-4,7,13-15,18H,5-6,8-11H2,1H3,(H,19,20). The third-order valence-corrected chi connectivity index (χ3v) is 4.88.